The van der Waals surface area contributed by atoms with Gasteiger partial charge in [-0.1, -0.05) is 6.07 Å². The largest absolute Gasteiger partial charge is 0.317 e. The van der Waals surface area contributed by atoms with Crippen molar-refractivity contribution in [2.45, 2.75) is 27.7 Å². The van der Waals surface area contributed by atoms with Gasteiger partial charge in [-0.05, 0) is 33.8 Å². The molecule has 3 aromatic rings. The zero-order chi connectivity index (χ0) is 16.0. The fourth-order valence-electron chi connectivity index (χ4n) is 3.11. The number of nitro benzene ring substituents is 1. The van der Waals surface area contributed by atoms with E-state index in [0.717, 1.165) is 39.2 Å². The van der Waals surface area contributed by atoms with Gasteiger partial charge in [0.1, 0.15) is 0 Å². The summed E-state index contributed by atoms with van der Waals surface area (Å²) in [4.78, 5) is 10.6. The maximum absolute atomic E-state index is 11.0. The molecule has 0 amide bonds. The van der Waals surface area contributed by atoms with Gasteiger partial charge in [0.2, 0.25) is 0 Å². The van der Waals surface area contributed by atoms with Crippen molar-refractivity contribution in [3.8, 4) is 5.69 Å². The lowest BCUT2D eigenvalue weighted by atomic mass is 10.1. The molecule has 0 atom stereocenters. The molecule has 0 aliphatic carbocycles. The molecule has 0 bridgehead atoms. The molecule has 112 valence electrons. The Morgan fingerprint density at radius 3 is 2.05 bits per heavy atom. The Morgan fingerprint density at radius 1 is 1.00 bits per heavy atom. The minimum Gasteiger partial charge on any atom is -0.317 e. The number of aryl methyl sites for hydroxylation is 4. The highest BCUT2D eigenvalue weighted by atomic mass is 16.6. The maximum atomic E-state index is 11.0. The van der Waals surface area contributed by atoms with Gasteiger partial charge in [-0.15, -0.1) is 0 Å². The van der Waals surface area contributed by atoms with Gasteiger partial charge >= 0.3 is 0 Å². The molecule has 0 unspecified atom stereocenters. The lowest BCUT2D eigenvalue weighted by Gasteiger charge is -2.09. The van der Waals surface area contributed by atoms with E-state index in [4.69, 9.17) is 0 Å². The van der Waals surface area contributed by atoms with Gasteiger partial charge in [0.05, 0.1) is 22.0 Å². The summed E-state index contributed by atoms with van der Waals surface area (Å²) in [6.45, 7) is 7.86. The van der Waals surface area contributed by atoms with E-state index in [1.165, 1.54) is 6.07 Å². The number of non-ortho nitro benzene ring substituents is 1. The quantitative estimate of drug-likeness (QED) is 0.535. The molecule has 2 aromatic heterocycles. The van der Waals surface area contributed by atoms with Gasteiger partial charge in [-0.2, -0.15) is 10.2 Å². The highest BCUT2D eigenvalue weighted by molar-refractivity contribution is 5.92. The third kappa shape index (κ3) is 1.95. The van der Waals surface area contributed by atoms with E-state index in [1.54, 1.807) is 12.1 Å². The lowest BCUT2D eigenvalue weighted by Crippen LogP contribution is -2.00. The average Bonchev–Trinajstić information content (AvgIpc) is 2.76. The molecule has 2 heterocycles. The second-order valence-corrected chi connectivity index (χ2v) is 5.40. The third-order valence-corrected chi connectivity index (χ3v) is 4.02. The van der Waals surface area contributed by atoms with Crippen molar-refractivity contribution in [1.82, 2.24) is 14.8 Å². The Balaban J connectivity index is 2.37. The van der Waals surface area contributed by atoms with Crippen molar-refractivity contribution in [2.24, 2.45) is 0 Å². The number of rotatable bonds is 2. The van der Waals surface area contributed by atoms with Crippen LogP contribution in [0.1, 0.15) is 22.8 Å². The topological polar surface area (TPSA) is 73.8 Å². The predicted octanol–water partition coefficient (Wildman–Crippen LogP) is 3.56. The van der Waals surface area contributed by atoms with Crippen molar-refractivity contribution in [3.05, 3.63) is 57.2 Å². The van der Waals surface area contributed by atoms with E-state index < -0.39 is 0 Å². The summed E-state index contributed by atoms with van der Waals surface area (Å²) in [6, 6.07) is 6.66. The Labute approximate surface area is 127 Å². The molecule has 0 saturated carbocycles. The molecule has 6 nitrogen and oxygen atoms in total. The third-order valence-electron chi connectivity index (χ3n) is 4.02. The van der Waals surface area contributed by atoms with Crippen LogP contribution >= 0.6 is 0 Å². The highest BCUT2D eigenvalue weighted by Gasteiger charge is 2.18. The molecule has 1 aromatic carbocycles. The van der Waals surface area contributed by atoms with Crippen molar-refractivity contribution in [2.75, 3.05) is 0 Å². The Hall–Kier alpha value is -2.76. The summed E-state index contributed by atoms with van der Waals surface area (Å²) in [5.41, 5.74) is 4.63. The molecule has 0 spiro atoms. The zero-order valence-corrected chi connectivity index (χ0v) is 12.9. The van der Waals surface area contributed by atoms with E-state index >= 15 is 0 Å². The molecule has 0 fully saturated rings. The van der Waals surface area contributed by atoms with E-state index in [9.17, 15) is 10.1 Å². The highest BCUT2D eigenvalue weighted by Crippen LogP contribution is 2.32. The van der Waals surface area contributed by atoms with Gasteiger partial charge in [0.25, 0.3) is 5.69 Å². The number of nitrogens with zero attached hydrogens (tertiary/aromatic N) is 4. The number of benzene rings is 1. The summed E-state index contributed by atoms with van der Waals surface area (Å²) in [7, 11) is 0. The van der Waals surface area contributed by atoms with Gasteiger partial charge in [-0.3, -0.25) is 10.1 Å². The van der Waals surface area contributed by atoms with Crippen LogP contribution in [-0.4, -0.2) is 19.7 Å². The van der Waals surface area contributed by atoms with Gasteiger partial charge in [0.15, 0.2) is 0 Å². The van der Waals surface area contributed by atoms with Crippen LogP contribution in [-0.2, 0) is 0 Å². The second kappa shape index (κ2) is 4.91. The molecule has 22 heavy (non-hydrogen) atoms. The van der Waals surface area contributed by atoms with Crippen molar-refractivity contribution in [3.63, 3.8) is 0 Å². The van der Waals surface area contributed by atoms with Crippen LogP contribution in [0.2, 0.25) is 0 Å². The minimum atomic E-state index is -0.378. The summed E-state index contributed by atoms with van der Waals surface area (Å²) >= 11 is 0. The molecule has 0 aliphatic rings. The lowest BCUT2D eigenvalue weighted by molar-refractivity contribution is -0.384. The van der Waals surface area contributed by atoms with Gasteiger partial charge < -0.3 is 4.57 Å². The molecular formula is C16H16N4O2. The first kappa shape index (κ1) is 14.2. The Morgan fingerprint density at radius 2 is 1.55 bits per heavy atom. The monoisotopic (exact) mass is 296 g/mol. The number of fused-ring (bicyclic) bond motifs is 1. The summed E-state index contributed by atoms with van der Waals surface area (Å²) in [5.74, 6) is 0. The maximum Gasteiger partial charge on any atom is 0.271 e. The number of nitro groups is 1. The first-order chi connectivity index (χ1) is 10.4. The van der Waals surface area contributed by atoms with E-state index in [1.807, 2.05) is 38.3 Å². The second-order valence-electron chi connectivity index (χ2n) is 5.40. The van der Waals surface area contributed by atoms with Crippen LogP contribution in [0.25, 0.3) is 16.5 Å². The van der Waals surface area contributed by atoms with Crippen molar-refractivity contribution in [1.29, 1.82) is 0 Å². The standard InChI is InChI=1S/C16H16N4O2/c1-9-15-11(3)19(12(4)16(15)10(2)18-17-9)13-6-5-7-14(8-13)20(21)22/h5-8H,1-4H3. The number of aromatic nitrogens is 3. The van der Waals surface area contributed by atoms with E-state index in [0.29, 0.717) is 0 Å². The molecule has 3 rings (SSSR count). The normalized spacial score (nSPS) is 11.1. The Bertz CT molecular complexity index is 867. The molecule has 0 saturated heterocycles. The summed E-state index contributed by atoms with van der Waals surface area (Å²) < 4.78 is 2.03. The SMILES string of the molecule is Cc1nnc(C)c2c(C)n(-c3cccc([N+](=O)[O-])c3)c(C)c12. The van der Waals surface area contributed by atoms with Gasteiger partial charge in [-0.25, -0.2) is 0 Å². The van der Waals surface area contributed by atoms with Crippen LogP contribution in [0.5, 0.6) is 0 Å². The van der Waals surface area contributed by atoms with E-state index in [-0.39, 0.29) is 10.6 Å². The average molecular weight is 296 g/mol. The first-order valence-corrected chi connectivity index (χ1v) is 6.98. The van der Waals surface area contributed by atoms with Crippen molar-refractivity contribution < 1.29 is 4.92 Å². The molecular weight excluding hydrogens is 280 g/mol. The van der Waals surface area contributed by atoms with Crippen LogP contribution in [0.15, 0.2) is 24.3 Å². The van der Waals surface area contributed by atoms with Gasteiger partial charge in [0, 0.05) is 34.3 Å². The Kier molecular flexibility index (Phi) is 3.16. The van der Waals surface area contributed by atoms with Crippen LogP contribution in [0.4, 0.5) is 5.69 Å². The predicted molar refractivity (Wildman–Crippen MR) is 84.5 cm³/mol. The molecule has 6 heteroatoms. The molecule has 0 aliphatic heterocycles. The van der Waals surface area contributed by atoms with E-state index in [2.05, 4.69) is 10.2 Å². The first-order valence-electron chi connectivity index (χ1n) is 6.98. The summed E-state index contributed by atoms with van der Waals surface area (Å²) in [5, 5.41) is 21.5. The van der Waals surface area contributed by atoms with Crippen LogP contribution in [0, 0.1) is 37.8 Å². The van der Waals surface area contributed by atoms with Crippen molar-refractivity contribution >= 4 is 16.5 Å². The number of hydrogen-bond acceptors (Lipinski definition) is 4. The zero-order valence-electron chi connectivity index (χ0n) is 12.9. The smallest absolute Gasteiger partial charge is 0.271 e. The summed E-state index contributed by atoms with van der Waals surface area (Å²) in [6.07, 6.45) is 0. The fourth-order valence-corrected chi connectivity index (χ4v) is 3.11. The molecule has 0 N–H and O–H groups in total. The fraction of sp³-hybridized carbons (Fsp3) is 0.250. The number of hydrogen-bond donors (Lipinski definition) is 0. The van der Waals surface area contributed by atoms with Crippen LogP contribution < -0.4 is 0 Å². The molecule has 0 radical (unpaired) electrons. The van der Waals surface area contributed by atoms with Crippen LogP contribution in [0.3, 0.4) is 0 Å². The minimum absolute atomic E-state index is 0.0822.